The van der Waals surface area contributed by atoms with Crippen LogP contribution in [0, 0.1) is 6.92 Å². The van der Waals surface area contributed by atoms with Crippen LogP contribution in [0.25, 0.3) is 0 Å². The minimum absolute atomic E-state index is 0.311. The third kappa shape index (κ3) is 1.02. The fraction of sp³-hybridized carbons (Fsp3) is 0.600. The molecule has 1 fully saturated rings. The van der Waals surface area contributed by atoms with Gasteiger partial charge in [-0.25, -0.2) is 0 Å². The van der Waals surface area contributed by atoms with Crippen LogP contribution in [0.15, 0.2) is 10.8 Å². The lowest BCUT2D eigenvalue weighted by molar-refractivity contribution is 0.556. The van der Waals surface area contributed by atoms with Crippen molar-refractivity contribution in [3.63, 3.8) is 0 Å². The third-order valence-electron chi connectivity index (χ3n) is 3.05. The summed E-state index contributed by atoms with van der Waals surface area (Å²) in [6.07, 6.45) is 2.56. The van der Waals surface area contributed by atoms with Crippen molar-refractivity contribution in [3.8, 4) is 0 Å². The van der Waals surface area contributed by atoms with Gasteiger partial charge >= 0.3 is 0 Å². The van der Waals surface area contributed by atoms with Crippen LogP contribution < -0.4 is 5.73 Å². The van der Waals surface area contributed by atoms with Crippen LogP contribution in [0.2, 0.25) is 0 Å². The van der Waals surface area contributed by atoms with Gasteiger partial charge in [0.05, 0.1) is 0 Å². The second kappa shape index (κ2) is 2.57. The van der Waals surface area contributed by atoms with Gasteiger partial charge in [0.15, 0.2) is 0 Å². The van der Waals surface area contributed by atoms with E-state index in [9.17, 15) is 0 Å². The van der Waals surface area contributed by atoms with E-state index in [2.05, 4.69) is 24.6 Å². The zero-order chi connectivity index (χ0) is 8.77. The second-order valence-corrected chi connectivity index (χ2v) is 4.66. The molecule has 0 saturated heterocycles. The maximum absolute atomic E-state index is 6.00. The molecule has 0 amide bonds. The van der Waals surface area contributed by atoms with E-state index in [1.807, 2.05) is 0 Å². The lowest BCUT2D eigenvalue weighted by Gasteiger charge is -2.19. The van der Waals surface area contributed by atoms with Gasteiger partial charge in [-0.2, -0.15) is 11.3 Å². The first-order valence-electron chi connectivity index (χ1n) is 4.46. The molecule has 1 aliphatic rings. The number of rotatable bonds is 2. The number of aryl methyl sites for hydroxylation is 1. The van der Waals surface area contributed by atoms with Crippen LogP contribution >= 0.6 is 11.3 Å². The van der Waals surface area contributed by atoms with Crippen molar-refractivity contribution in [3.05, 3.63) is 21.9 Å². The Morgan fingerprint density at radius 2 is 2.17 bits per heavy atom. The molecule has 2 rings (SSSR count). The molecule has 1 nitrogen and oxygen atoms in total. The highest BCUT2D eigenvalue weighted by atomic mass is 32.1. The minimum Gasteiger partial charge on any atom is -0.327 e. The minimum atomic E-state index is 0.311. The van der Waals surface area contributed by atoms with E-state index >= 15 is 0 Å². The van der Waals surface area contributed by atoms with Crippen molar-refractivity contribution in [1.82, 2.24) is 0 Å². The largest absolute Gasteiger partial charge is 0.327 e. The standard InChI is InChI=1S/C10H15NS/c1-7-5-12-6-9(7)10(3-4-10)8(2)11/h5-6,8H,3-4,11H2,1-2H3. The molecule has 1 heterocycles. The Hall–Kier alpha value is -0.340. The van der Waals surface area contributed by atoms with Gasteiger partial charge in [-0.15, -0.1) is 0 Å². The van der Waals surface area contributed by atoms with Gasteiger partial charge in [-0.1, -0.05) is 0 Å². The number of hydrogen-bond donors (Lipinski definition) is 1. The van der Waals surface area contributed by atoms with Crippen molar-refractivity contribution in [1.29, 1.82) is 0 Å². The maximum Gasteiger partial charge on any atom is 0.0113 e. The molecule has 2 heteroatoms. The number of thiophene rings is 1. The quantitative estimate of drug-likeness (QED) is 0.745. The lowest BCUT2D eigenvalue weighted by Crippen LogP contribution is -2.31. The van der Waals surface area contributed by atoms with Gasteiger partial charge < -0.3 is 5.73 Å². The van der Waals surface area contributed by atoms with E-state index in [4.69, 9.17) is 5.73 Å². The maximum atomic E-state index is 6.00. The highest BCUT2D eigenvalue weighted by Crippen LogP contribution is 2.51. The molecule has 2 N–H and O–H groups in total. The van der Waals surface area contributed by atoms with Crippen LogP contribution in [-0.4, -0.2) is 6.04 Å². The molecule has 1 aliphatic carbocycles. The van der Waals surface area contributed by atoms with E-state index in [1.165, 1.54) is 24.0 Å². The molecular formula is C10H15NS. The van der Waals surface area contributed by atoms with E-state index in [0.717, 1.165) is 0 Å². The lowest BCUT2D eigenvalue weighted by atomic mass is 9.89. The number of hydrogen-bond acceptors (Lipinski definition) is 2. The van der Waals surface area contributed by atoms with Gasteiger partial charge in [0.25, 0.3) is 0 Å². The van der Waals surface area contributed by atoms with Crippen LogP contribution in [0.1, 0.15) is 30.9 Å². The van der Waals surface area contributed by atoms with E-state index in [0.29, 0.717) is 11.5 Å². The average Bonchev–Trinajstić information content (AvgIpc) is 2.71. The molecule has 1 atom stereocenters. The van der Waals surface area contributed by atoms with E-state index in [-0.39, 0.29) is 0 Å². The summed E-state index contributed by atoms with van der Waals surface area (Å²) in [5.74, 6) is 0. The molecule has 1 aromatic heterocycles. The molecule has 1 unspecified atom stereocenters. The summed E-state index contributed by atoms with van der Waals surface area (Å²) >= 11 is 1.79. The van der Waals surface area contributed by atoms with Crippen molar-refractivity contribution >= 4 is 11.3 Å². The molecule has 12 heavy (non-hydrogen) atoms. The first-order valence-corrected chi connectivity index (χ1v) is 5.40. The zero-order valence-electron chi connectivity index (χ0n) is 7.63. The first kappa shape index (κ1) is 8.27. The summed E-state index contributed by atoms with van der Waals surface area (Å²) in [4.78, 5) is 0. The average molecular weight is 181 g/mol. The normalized spacial score (nSPS) is 22.2. The van der Waals surface area contributed by atoms with Gasteiger partial charge in [-0.3, -0.25) is 0 Å². The molecule has 0 radical (unpaired) electrons. The summed E-state index contributed by atoms with van der Waals surface area (Å²) in [5, 5.41) is 4.49. The molecule has 0 spiro atoms. The van der Waals surface area contributed by atoms with Crippen LogP contribution in [0.3, 0.4) is 0 Å². The van der Waals surface area contributed by atoms with Gasteiger partial charge in [0, 0.05) is 11.5 Å². The van der Waals surface area contributed by atoms with Crippen LogP contribution in [0.5, 0.6) is 0 Å². The highest BCUT2D eigenvalue weighted by molar-refractivity contribution is 7.08. The summed E-state index contributed by atoms with van der Waals surface area (Å²) in [7, 11) is 0. The Balaban J connectivity index is 2.36. The Bertz CT molecular complexity index is 284. The molecule has 0 aliphatic heterocycles. The van der Waals surface area contributed by atoms with Crippen molar-refractivity contribution in [2.75, 3.05) is 0 Å². The molecule has 66 valence electrons. The highest BCUT2D eigenvalue weighted by Gasteiger charge is 2.48. The summed E-state index contributed by atoms with van der Waals surface area (Å²) in [5.41, 5.74) is 9.28. The topological polar surface area (TPSA) is 26.0 Å². The second-order valence-electron chi connectivity index (χ2n) is 3.91. The van der Waals surface area contributed by atoms with Crippen molar-refractivity contribution < 1.29 is 0 Å². The predicted molar refractivity (Wildman–Crippen MR) is 53.6 cm³/mol. The first-order chi connectivity index (χ1) is 5.67. The summed E-state index contributed by atoms with van der Waals surface area (Å²) in [6.45, 7) is 4.32. The molecular weight excluding hydrogens is 166 g/mol. The van der Waals surface area contributed by atoms with E-state index in [1.54, 1.807) is 11.3 Å². The van der Waals surface area contributed by atoms with Crippen molar-refractivity contribution in [2.45, 2.75) is 38.1 Å². The fourth-order valence-corrected chi connectivity index (χ4v) is 2.93. The van der Waals surface area contributed by atoms with Crippen molar-refractivity contribution in [2.24, 2.45) is 5.73 Å². The monoisotopic (exact) mass is 181 g/mol. The Morgan fingerprint density at radius 1 is 1.50 bits per heavy atom. The van der Waals surface area contributed by atoms with Gasteiger partial charge in [-0.05, 0) is 48.6 Å². The zero-order valence-corrected chi connectivity index (χ0v) is 8.45. The Morgan fingerprint density at radius 3 is 2.50 bits per heavy atom. The predicted octanol–water partition coefficient (Wildman–Crippen LogP) is 2.44. The molecule has 1 saturated carbocycles. The van der Waals surface area contributed by atoms with E-state index < -0.39 is 0 Å². The molecule has 0 aromatic carbocycles. The molecule has 0 bridgehead atoms. The fourth-order valence-electron chi connectivity index (χ4n) is 1.98. The summed E-state index contributed by atoms with van der Waals surface area (Å²) < 4.78 is 0. The summed E-state index contributed by atoms with van der Waals surface area (Å²) in [6, 6.07) is 0.311. The van der Waals surface area contributed by atoms with Gasteiger partial charge in [0.1, 0.15) is 0 Å². The van der Waals surface area contributed by atoms with Crippen LogP contribution in [0.4, 0.5) is 0 Å². The third-order valence-corrected chi connectivity index (χ3v) is 3.91. The Labute approximate surface area is 77.6 Å². The van der Waals surface area contributed by atoms with Crippen LogP contribution in [-0.2, 0) is 5.41 Å². The Kier molecular flexibility index (Phi) is 1.77. The SMILES string of the molecule is Cc1cscc1C1(C(C)N)CC1. The number of nitrogens with two attached hydrogens (primary N) is 1. The van der Waals surface area contributed by atoms with Gasteiger partial charge in [0.2, 0.25) is 0 Å². The smallest absolute Gasteiger partial charge is 0.0113 e. The molecule has 1 aromatic rings.